The minimum absolute atomic E-state index is 0.0619. The second-order valence-corrected chi connectivity index (χ2v) is 8.87. The van der Waals surface area contributed by atoms with Gasteiger partial charge in [0.25, 0.3) is 0 Å². The number of amides is 2. The molecule has 0 atom stereocenters. The molecule has 2 amide bonds. The maximum absolute atomic E-state index is 12.8. The van der Waals surface area contributed by atoms with E-state index in [0.717, 1.165) is 5.56 Å². The summed E-state index contributed by atoms with van der Waals surface area (Å²) >= 11 is 12.0. The number of ether oxygens (including phenoxy) is 1. The summed E-state index contributed by atoms with van der Waals surface area (Å²) in [7, 11) is -3.69. The number of morpholine rings is 1. The van der Waals surface area contributed by atoms with Gasteiger partial charge in [-0.1, -0.05) is 35.3 Å². The van der Waals surface area contributed by atoms with Gasteiger partial charge >= 0.3 is 6.03 Å². The Morgan fingerprint density at radius 1 is 1.07 bits per heavy atom. The molecule has 3 rings (SSSR count). The number of nitrogens with one attached hydrogen (secondary N) is 2. The number of nitrogens with zero attached hydrogens (tertiary/aromatic N) is 1. The van der Waals surface area contributed by atoms with Crippen molar-refractivity contribution in [3.8, 4) is 0 Å². The standard InChI is InChI=1S/C18H19Cl2N3O4S/c19-14-3-1-13(2-4-14)12-21-18(24)22-17-11-15(5-6-16(17)20)28(25,26)23-7-9-27-10-8-23/h1-6,11H,7-10,12H2,(H2,21,22,24). The molecule has 28 heavy (non-hydrogen) atoms. The molecule has 1 heterocycles. The van der Waals surface area contributed by atoms with E-state index in [2.05, 4.69) is 10.6 Å². The van der Waals surface area contributed by atoms with Crippen LogP contribution in [0.4, 0.5) is 10.5 Å². The molecule has 2 aromatic rings. The molecule has 0 radical (unpaired) electrons. The first-order valence-electron chi connectivity index (χ1n) is 8.53. The van der Waals surface area contributed by atoms with E-state index in [0.29, 0.717) is 18.2 Å². The number of rotatable bonds is 5. The van der Waals surface area contributed by atoms with E-state index in [1.807, 2.05) is 0 Å². The molecule has 0 bridgehead atoms. The van der Waals surface area contributed by atoms with Gasteiger partial charge in [-0.3, -0.25) is 0 Å². The maximum Gasteiger partial charge on any atom is 0.319 e. The highest BCUT2D eigenvalue weighted by atomic mass is 35.5. The fourth-order valence-electron chi connectivity index (χ4n) is 2.65. The van der Waals surface area contributed by atoms with Gasteiger partial charge in [0.05, 0.1) is 28.8 Å². The second kappa shape index (κ2) is 9.11. The van der Waals surface area contributed by atoms with Crippen molar-refractivity contribution in [2.24, 2.45) is 0 Å². The Labute approximate surface area is 173 Å². The Morgan fingerprint density at radius 3 is 2.43 bits per heavy atom. The summed E-state index contributed by atoms with van der Waals surface area (Å²) in [5.41, 5.74) is 1.08. The second-order valence-electron chi connectivity index (χ2n) is 6.09. The van der Waals surface area contributed by atoms with Crippen LogP contribution in [0, 0.1) is 0 Å². The topological polar surface area (TPSA) is 87.7 Å². The average Bonchev–Trinajstić information content (AvgIpc) is 2.70. The fraction of sp³-hybridized carbons (Fsp3) is 0.278. The Hall–Kier alpha value is -1.84. The van der Waals surface area contributed by atoms with E-state index in [1.54, 1.807) is 24.3 Å². The summed E-state index contributed by atoms with van der Waals surface area (Å²) in [6, 6.07) is 10.8. The van der Waals surface area contributed by atoms with E-state index >= 15 is 0 Å². The van der Waals surface area contributed by atoms with Gasteiger partial charge in [-0.05, 0) is 35.9 Å². The number of halogens is 2. The normalized spacial score (nSPS) is 15.2. The van der Waals surface area contributed by atoms with Crippen LogP contribution in [-0.2, 0) is 21.3 Å². The Morgan fingerprint density at radius 2 is 1.75 bits per heavy atom. The zero-order chi connectivity index (χ0) is 20.1. The van der Waals surface area contributed by atoms with Crippen molar-refractivity contribution in [3.63, 3.8) is 0 Å². The highest BCUT2D eigenvalue weighted by Crippen LogP contribution is 2.27. The molecule has 0 saturated carbocycles. The van der Waals surface area contributed by atoms with Gasteiger partial charge in [-0.25, -0.2) is 13.2 Å². The molecule has 7 nitrogen and oxygen atoms in total. The van der Waals surface area contributed by atoms with E-state index in [4.69, 9.17) is 27.9 Å². The average molecular weight is 444 g/mol. The van der Waals surface area contributed by atoms with Crippen LogP contribution in [-0.4, -0.2) is 45.1 Å². The molecule has 1 fully saturated rings. The van der Waals surface area contributed by atoms with E-state index < -0.39 is 16.1 Å². The summed E-state index contributed by atoms with van der Waals surface area (Å²) in [5, 5.41) is 6.13. The first-order chi connectivity index (χ1) is 13.4. The molecule has 10 heteroatoms. The lowest BCUT2D eigenvalue weighted by Gasteiger charge is -2.26. The molecule has 0 aromatic heterocycles. The summed E-state index contributed by atoms with van der Waals surface area (Å²) in [4.78, 5) is 12.2. The minimum atomic E-state index is -3.69. The molecule has 0 spiro atoms. The zero-order valence-corrected chi connectivity index (χ0v) is 17.1. The lowest BCUT2D eigenvalue weighted by molar-refractivity contribution is 0.0730. The van der Waals surface area contributed by atoms with Crippen molar-refractivity contribution in [2.45, 2.75) is 11.4 Å². The molecular weight excluding hydrogens is 425 g/mol. The molecule has 2 aromatic carbocycles. The van der Waals surface area contributed by atoms with Crippen molar-refractivity contribution in [3.05, 3.63) is 58.1 Å². The van der Waals surface area contributed by atoms with E-state index in [-0.39, 0.29) is 35.2 Å². The van der Waals surface area contributed by atoms with Crippen LogP contribution in [0.2, 0.25) is 10.0 Å². The van der Waals surface area contributed by atoms with Crippen LogP contribution >= 0.6 is 23.2 Å². The number of benzene rings is 2. The van der Waals surface area contributed by atoms with Crippen molar-refractivity contribution >= 4 is 44.9 Å². The van der Waals surface area contributed by atoms with Crippen molar-refractivity contribution in [1.29, 1.82) is 0 Å². The van der Waals surface area contributed by atoms with Crippen LogP contribution in [0.25, 0.3) is 0 Å². The quantitative estimate of drug-likeness (QED) is 0.741. The van der Waals surface area contributed by atoms with E-state index in [1.165, 1.54) is 22.5 Å². The van der Waals surface area contributed by atoms with Crippen LogP contribution in [0.5, 0.6) is 0 Å². The lowest BCUT2D eigenvalue weighted by atomic mass is 10.2. The van der Waals surface area contributed by atoms with Crippen molar-refractivity contribution in [1.82, 2.24) is 9.62 Å². The maximum atomic E-state index is 12.8. The SMILES string of the molecule is O=C(NCc1ccc(Cl)cc1)Nc1cc(S(=O)(=O)N2CCOCC2)ccc1Cl. The zero-order valence-electron chi connectivity index (χ0n) is 14.8. The van der Waals surface area contributed by atoms with Crippen molar-refractivity contribution < 1.29 is 17.9 Å². The monoisotopic (exact) mass is 443 g/mol. The number of anilines is 1. The van der Waals surface area contributed by atoms with Gasteiger partial charge < -0.3 is 15.4 Å². The van der Waals surface area contributed by atoms with Crippen LogP contribution in [0.15, 0.2) is 47.4 Å². The molecule has 1 aliphatic heterocycles. The van der Waals surface area contributed by atoms with Crippen LogP contribution in [0.3, 0.4) is 0 Å². The van der Waals surface area contributed by atoms with Crippen LogP contribution < -0.4 is 10.6 Å². The predicted octanol–water partition coefficient (Wildman–Crippen LogP) is 3.34. The third kappa shape index (κ3) is 5.15. The summed E-state index contributed by atoms with van der Waals surface area (Å²) < 4.78 is 32.1. The predicted molar refractivity (Wildman–Crippen MR) is 108 cm³/mol. The summed E-state index contributed by atoms with van der Waals surface area (Å²) in [6.45, 7) is 1.56. The lowest BCUT2D eigenvalue weighted by Crippen LogP contribution is -2.40. The van der Waals surface area contributed by atoms with Crippen molar-refractivity contribution in [2.75, 3.05) is 31.6 Å². The number of hydrogen-bond donors (Lipinski definition) is 2. The summed E-state index contributed by atoms with van der Waals surface area (Å²) in [5.74, 6) is 0. The van der Waals surface area contributed by atoms with Gasteiger partial charge in [0.15, 0.2) is 0 Å². The number of sulfonamides is 1. The third-order valence-electron chi connectivity index (χ3n) is 4.16. The highest BCUT2D eigenvalue weighted by molar-refractivity contribution is 7.89. The van der Waals surface area contributed by atoms with Gasteiger partial charge in [0, 0.05) is 24.7 Å². The number of hydrogen-bond acceptors (Lipinski definition) is 4. The number of carbonyl (C=O) groups excluding carboxylic acids is 1. The first-order valence-corrected chi connectivity index (χ1v) is 10.7. The fourth-order valence-corrected chi connectivity index (χ4v) is 4.37. The first kappa shape index (κ1) is 20.9. The van der Waals surface area contributed by atoms with Gasteiger partial charge in [0.2, 0.25) is 10.0 Å². The molecular formula is C18H19Cl2N3O4S. The smallest absolute Gasteiger partial charge is 0.319 e. The van der Waals surface area contributed by atoms with Gasteiger partial charge in [0.1, 0.15) is 0 Å². The molecule has 0 aliphatic carbocycles. The van der Waals surface area contributed by atoms with Crippen LogP contribution in [0.1, 0.15) is 5.56 Å². The minimum Gasteiger partial charge on any atom is -0.379 e. The number of urea groups is 1. The summed E-state index contributed by atoms with van der Waals surface area (Å²) in [6.07, 6.45) is 0. The molecule has 1 aliphatic rings. The molecule has 150 valence electrons. The highest BCUT2D eigenvalue weighted by Gasteiger charge is 2.27. The van der Waals surface area contributed by atoms with Gasteiger partial charge in [-0.15, -0.1) is 0 Å². The molecule has 1 saturated heterocycles. The largest absolute Gasteiger partial charge is 0.379 e. The Bertz CT molecular complexity index is 946. The van der Waals surface area contributed by atoms with E-state index in [9.17, 15) is 13.2 Å². The number of carbonyl (C=O) groups is 1. The van der Waals surface area contributed by atoms with Gasteiger partial charge in [-0.2, -0.15) is 4.31 Å². The molecule has 0 unspecified atom stereocenters. The third-order valence-corrected chi connectivity index (χ3v) is 6.64. The Balaban J connectivity index is 1.68. The Kier molecular flexibility index (Phi) is 6.79. The molecule has 2 N–H and O–H groups in total.